The summed E-state index contributed by atoms with van der Waals surface area (Å²) in [5.74, 6) is -0.530. The van der Waals surface area contributed by atoms with E-state index in [1.807, 2.05) is 0 Å². The number of nitrogens with one attached hydrogen (secondary N) is 1. The molecule has 1 heterocycles. The molecule has 1 aromatic heterocycles. The minimum absolute atomic E-state index is 0.127. The van der Waals surface area contributed by atoms with Crippen LogP contribution in [0.4, 0.5) is 0 Å². The largest absolute Gasteiger partial charge is 0.462 e. The normalized spacial score (nSPS) is 14.3. The summed E-state index contributed by atoms with van der Waals surface area (Å²) in [6, 6.07) is 0. The van der Waals surface area contributed by atoms with Gasteiger partial charge in [-0.2, -0.15) is 0 Å². The van der Waals surface area contributed by atoms with Crippen molar-refractivity contribution in [2.45, 2.75) is 32.6 Å². The summed E-state index contributed by atoms with van der Waals surface area (Å²) in [5, 5.41) is 0. The summed E-state index contributed by atoms with van der Waals surface area (Å²) >= 11 is 0. The van der Waals surface area contributed by atoms with Gasteiger partial charge in [0.25, 0.3) is 0 Å². The SMILES string of the molecule is CCOC(=O)c1c[nH]c2c(c1=O)CCCC2. The van der Waals surface area contributed by atoms with Crippen molar-refractivity contribution in [2.24, 2.45) is 0 Å². The molecular formula is C12H15NO3. The Labute approximate surface area is 93.6 Å². The molecular weight excluding hydrogens is 206 g/mol. The highest BCUT2D eigenvalue weighted by Gasteiger charge is 2.19. The number of hydrogen-bond donors (Lipinski definition) is 1. The zero-order valence-corrected chi connectivity index (χ0v) is 9.34. The molecule has 1 aromatic rings. The zero-order valence-electron chi connectivity index (χ0n) is 9.34. The highest BCUT2D eigenvalue weighted by molar-refractivity contribution is 5.89. The van der Waals surface area contributed by atoms with E-state index in [0.717, 1.165) is 36.9 Å². The second-order valence-electron chi connectivity index (χ2n) is 3.92. The smallest absolute Gasteiger partial charge is 0.343 e. The van der Waals surface area contributed by atoms with Gasteiger partial charge in [-0.15, -0.1) is 0 Å². The van der Waals surface area contributed by atoms with E-state index in [1.165, 1.54) is 6.20 Å². The second-order valence-corrected chi connectivity index (χ2v) is 3.92. The van der Waals surface area contributed by atoms with Gasteiger partial charge in [-0.3, -0.25) is 4.79 Å². The topological polar surface area (TPSA) is 59.2 Å². The molecule has 1 N–H and O–H groups in total. The highest BCUT2D eigenvalue weighted by Crippen LogP contribution is 2.16. The lowest BCUT2D eigenvalue weighted by Crippen LogP contribution is -2.25. The third-order valence-corrected chi connectivity index (χ3v) is 2.87. The van der Waals surface area contributed by atoms with Crippen molar-refractivity contribution >= 4 is 5.97 Å². The van der Waals surface area contributed by atoms with E-state index in [9.17, 15) is 9.59 Å². The molecule has 0 aliphatic heterocycles. The Morgan fingerprint density at radius 1 is 1.44 bits per heavy atom. The third kappa shape index (κ3) is 1.87. The first-order valence-corrected chi connectivity index (χ1v) is 5.64. The molecule has 2 rings (SSSR count). The molecule has 0 bridgehead atoms. The Morgan fingerprint density at radius 3 is 2.94 bits per heavy atom. The van der Waals surface area contributed by atoms with E-state index in [4.69, 9.17) is 4.74 Å². The van der Waals surface area contributed by atoms with Gasteiger partial charge in [0.1, 0.15) is 5.56 Å². The van der Waals surface area contributed by atoms with Crippen molar-refractivity contribution in [2.75, 3.05) is 6.61 Å². The van der Waals surface area contributed by atoms with Crippen LogP contribution >= 0.6 is 0 Å². The third-order valence-electron chi connectivity index (χ3n) is 2.87. The predicted molar refractivity (Wildman–Crippen MR) is 59.7 cm³/mol. The zero-order chi connectivity index (χ0) is 11.5. The molecule has 0 saturated carbocycles. The summed E-state index contributed by atoms with van der Waals surface area (Å²) in [5.41, 5.74) is 1.70. The lowest BCUT2D eigenvalue weighted by molar-refractivity contribution is 0.0524. The Kier molecular flexibility index (Phi) is 3.08. The Morgan fingerprint density at radius 2 is 2.19 bits per heavy atom. The second kappa shape index (κ2) is 4.51. The van der Waals surface area contributed by atoms with E-state index in [0.29, 0.717) is 0 Å². The maximum absolute atomic E-state index is 12.0. The van der Waals surface area contributed by atoms with Gasteiger partial charge in [0, 0.05) is 17.5 Å². The van der Waals surface area contributed by atoms with Crippen LogP contribution in [0.5, 0.6) is 0 Å². The molecule has 0 saturated heterocycles. The van der Waals surface area contributed by atoms with Crippen molar-refractivity contribution in [1.29, 1.82) is 0 Å². The first-order valence-electron chi connectivity index (χ1n) is 5.64. The number of rotatable bonds is 2. The van der Waals surface area contributed by atoms with Crippen LogP contribution in [0.2, 0.25) is 0 Å². The molecule has 1 aliphatic carbocycles. The van der Waals surface area contributed by atoms with Gasteiger partial charge in [0.05, 0.1) is 6.61 Å². The van der Waals surface area contributed by atoms with Crippen LogP contribution in [-0.2, 0) is 17.6 Å². The molecule has 0 fully saturated rings. The van der Waals surface area contributed by atoms with E-state index < -0.39 is 5.97 Å². The summed E-state index contributed by atoms with van der Waals surface area (Å²) in [6.07, 6.45) is 5.25. The summed E-state index contributed by atoms with van der Waals surface area (Å²) in [4.78, 5) is 26.6. The van der Waals surface area contributed by atoms with E-state index in [1.54, 1.807) is 6.92 Å². The molecule has 4 heteroatoms. The van der Waals surface area contributed by atoms with Gasteiger partial charge >= 0.3 is 5.97 Å². The number of esters is 1. The number of aromatic nitrogens is 1. The standard InChI is InChI=1S/C12H15NO3/c1-2-16-12(15)9-7-13-10-6-4-3-5-8(10)11(9)14/h7H,2-6H2,1H3,(H,13,14). The fraction of sp³-hybridized carbons (Fsp3) is 0.500. The quantitative estimate of drug-likeness (QED) is 0.768. The van der Waals surface area contributed by atoms with Gasteiger partial charge in [-0.1, -0.05) is 0 Å². The van der Waals surface area contributed by atoms with Gasteiger partial charge in [-0.05, 0) is 32.6 Å². The van der Waals surface area contributed by atoms with Gasteiger partial charge in [-0.25, -0.2) is 4.79 Å². The molecule has 0 atom stereocenters. The number of carbonyl (C=O) groups excluding carboxylic acids is 1. The predicted octanol–water partition coefficient (Wildman–Crippen LogP) is 1.43. The van der Waals surface area contributed by atoms with Crippen LogP contribution in [0.15, 0.2) is 11.0 Å². The molecule has 0 radical (unpaired) electrons. The molecule has 16 heavy (non-hydrogen) atoms. The first-order chi connectivity index (χ1) is 7.74. The number of ether oxygens (including phenoxy) is 1. The van der Waals surface area contributed by atoms with E-state index in [-0.39, 0.29) is 17.6 Å². The van der Waals surface area contributed by atoms with Crippen molar-refractivity contribution in [3.8, 4) is 0 Å². The summed E-state index contributed by atoms with van der Waals surface area (Å²) in [7, 11) is 0. The van der Waals surface area contributed by atoms with Crippen LogP contribution in [0, 0.1) is 0 Å². The minimum atomic E-state index is -0.530. The number of H-pyrrole nitrogens is 1. The average molecular weight is 221 g/mol. The summed E-state index contributed by atoms with van der Waals surface area (Å²) < 4.78 is 4.84. The highest BCUT2D eigenvalue weighted by atomic mass is 16.5. The van der Waals surface area contributed by atoms with Crippen molar-refractivity contribution in [3.63, 3.8) is 0 Å². The number of aryl methyl sites for hydroxylation is 1. The van der Waals surface area contributed by atoms with E-state index >= 15 is 0 Å². The number of aromatic amines is 1. The van der Waals surface area contributed by atoms with E-state index in [2.05, 4.69) is 4.98 Å². The van der Waals surface area contributed by atoms with Crippen LogP contribution in [0.1, 0.15) is 41.4 Å². The lowest BCUT2D eigenvalue weighted by Gasteiger charge is -2.15. The van der Waals surface area contributed by atoms with Crippen LogP contribution in [0.25, 0.3) is 0 Å². The molecule has 0 aromatic carbocycles. The monoisotopic (exact) mass is 221 g/mol. The maximum atomic E-state index is 12.0. The molecule has 1 aliphatic rings. The number of carbonyl (C=O) groups is 1. The minimum Gasteiger partial charge on any atom is -0.462 e. The average Bonchev–Trinajstić information content (AvgIpc) is 2.30. The molecule has 86 valence electrons. The van der Waals surface area contributed by atoms with Crippen molar-refractivity contribution < 1.29 is 9.53 Å². The number of pyridine rings is 1. The van der Waals surface area contributed by atoms with Gasteiger partial charge < -0.3 is 9.72 Å². The first kappa shape index (κ1) is 10.9. The lowest BCUT2D eigenvalue weighted by atomic mass is 9.94. The van der Waals surface area contributed by atoms with Crippen LogP contribution in [0.3, 0.4) is 0 Å². The Bertz CT molecular complexity index is 462. The molecule has 4 nitrogen and oxygen atoms in total. The maximum Gasteiger partial charge on any atom is 0.343 e. The number of fused-ring (bicyclic) bond motifs is 1. The number of hydrogen-bond acceptors (Lipinski definition) is 3. The molecule has 0 unspecified atom stereocenters. The van der Waals surface area contributed by atoms with Crippen LogP contribution < -0.4 is 5.43 Å². The fourth-order valence-corrected chi connectivity index (χ4v) is 2.06. The molecule has 0 spiro atoms. The van der Waals surface area contributed by atoms with Crippen LogP contribution in [-0.4, -0.2) is 17.6 Å². The van der Waals surface area contributed by atoms with Crippen molar-refractivity contribution in [3.05, 3.63) is 33.2 Å². The Balaban J connectivity index is 2.42. The Hall–Kier alpha value is -1.58. The summed E-state index contributed by atoms with van der Waals surface area (Å²) in [6.45, 7) is 2.01. The fourth-order valence-electron chi connectivity index (χ4n) is 2.06. The molecule has 0 amide bonds. The van der Waals surface area contributed by atoms with Crippen molar-refractivity contribution in [1.82, 2.24) is 4.98 Å². The van der Waals surface area contributed by atoms with Gasteiger partial charge in [0.2, 0.25) is 0 Å². The van der Waals surface area contributed by atoms with Gasteiger partial charge in [0.15, 0.2) is 5.43 Å².